The van der Waals surface area contributed by atoms with E-state index in [0.717, 1.165) is 5.70 Å². The topological polar surface area (TPSA) is 49.3 Å². The molecule has 0 spiro atoms. The molecule has 0 rings (SSSR count). The van der Waals surface area contributed by atoms with Gasteiger partial charge in [-0.3, -0.25) is 4.79 Å². The first kappa shape index (κ1) is 14.2. The average Bonchev–Trinajstić information content (AvgIpc) is 2.15. The van der Waals surface area contributed by atoms with Crippen molar-refractivity contribution in [2.45, 2.75) is 40.7 Å². The van der Waals surface area contributed by atoms with Crippen molar-refractivity contribution in [2.75, 3.05) is 6.61 Å². The zero-order valence-corrected chi connectivity index (χ0v) is 10.4. The molecule has 0 bridgehead atoms. The second-order valence-corrected chi connectivity index (χ2v) is 4.54. The van der Waals surface area contributed by atoms with Crippen LogP contribution in [0.4, 0.5) is 0 Å². The summed E-state index contributed by atoms with van der Waals surface area (Å²) < 4.78 is 0. The smallest absolute Gasteiger partial charge is 0.159 e. The Morgan fingerprint density at radius 2 is 1.73 bits per heavy atom. The molecule has 0 heterocycles. The molecule has 88 valence electrons. The summed E-state index contributed by atoms with van der Waals surface area (Å²) in [7, 11) is 0. The summed E-state index contributed by atoms with van der Waals surface area (Å²) in [6, 6.07) is -0.0152. The van der Waals surface area contributed by atoms with E-state index in [1.54, 1.807) is 6.08 Å². The number of rotatable bonds is 6. The Kier molecular flexibility index (Phi) is 6.25. The third kappa shape index (κ3) is 5.57. The van der Waals surface area contributed by atoms with Crippen LogP contribution in [0.5, 0.6) is 0 Å². The van der Waals surface area contributed by atoms with Crippen LogP contribution in [0.1, 0.15) is 34.6 Å². The number of aliphatic hydroxyl groups is 1. The summed E-state index contributed by atoms with van der Waals surface area (Å²) in [5.41, 5.74) is 0.898. The van der Waals surface area contributed by atoms with E-state index in [0.29, 0.717) is 0 Å². The van der Waals surface area contributed by atoms with Crippen molar-refractivity contribution in [3.8, 4) is 0 Å². The highest BCUT2D eigenvalue weighted by molar-refractivity contribution is 5.91. The van der Waals surface area contributed by atoms with Gasteiger partial charge in [-0.25, -0.2) is 0 Å². The Morgan fingerprint density at radius 1 is 1.20 bits per heavy atom. The molecule has 1 atom stereocenters. The standard InChI is InChI=1S/C12H23NO2/c1-8(2)11(13-10(5)7-14)6-12(15)9(3)4/h6,8-10,13-14H,7H2,1-5H3. The molecule has 0 aromatic heterocycles. The first-order valence-electron chi connectivity index (χ1n) is 5.51. The number of hydrogen-bond acceptors (Lipinski definition) is 3. The highest BCUT2D eigenvalue weighted by Crippen LogP contribution is 2.09. The molecule has 0 aromatic carbocycles. The minimum atomic E-state index is -0.0152. The number of aliphatic hydroxyl groups excluding tert-OH is 1. The summed E-state index contributed by atoms with van der Waals surface area (Å²) in [6.07, 6.45) is 1.65. The van der Waals surface area contributed by atoms with Gasteiger partial charge in [0.2, 0.25) is 0 Å². The zero-order chi connectivity index (χ0) is 12.0. The molecule has 15 heavy (non-hydrogen) atoms. The molecular weight excluding hydrogens is 190 g/mol. The molecule has 0 saturated carbocycles. The number of hydrogen-bond donors (Lipinski definition) is 2. The van der Waals surface area contributed by atoms with Crippen LogP contribution in [0.2, 0.25) is 0 Å². The molecule has 0 aliphatic rings. The van der Waals surface area contributed by atoms with Gasteiger partial charge in [0.25, 0.3) is 0 Å². The van der Waals surface area contributed by atoms with Crippen LogP contribution < -0.4 is 5.32 Å². The van der Waals surface area contributed by atoms with Crippen LogP contribution in [0.15, 0.2) is 11.8 Å². The predicted molar refractivity (Wildman–Crippen MR) is 62.4 cm³/mol. The monoisotopic (exact) mass is 213 g/mol. The molecule has 3 heteroatoms. The van der Waals surface area contributed by atoms with E-state index in [9.17, 15) is 4.79 Å². The summed E-state index contributed by atoms with van der Waals surface area (Å²) in [5.74, 6) is 0.406. The maximum Gasteiger partial charge on any atom is 0.159 e. The fourth-order valence-electron chi connectivity index (χ4n) is 1.03. The van der Waals surface area contributed by atoms with E-state index in [2.05, 4.69) is 5.32 Å². The molecule has 0 radical (unpaired) electrons. The van der Waals surface area contributed by atoms with Gasteiger partial charge in [-0.1, -0.05) is 27.7 Å². The lowest BCUT2D eigenvalue weighted by molar-refractivity contribution is -0.117. The largest absolute Gasteiger partial charge is 0.394 e. The highest BCUT2D eigenvalue weighted by Gasteiger charge is 2.11. The molecule has 0 aromatic rings. The average molecular weight is 213 g/mol. The van der Waals surface area contributed by atoms with E-state index in [-0.39, 0.29) is 30.3 Å². The molecule has 2 N–H and O–H groups in total. The normalized spacial score (nSPS) is 14.5. The maximum atomic E-state index is 11.5. The molecule has 0 amide bonds. The summed E-state index contributed by atoms with van der Waals surface area (Å²) >= 11 is 0. The minimum Gasteiger partial charge on any atom is -0.394 e. The van der Waals surface area contributed by atoms with Gasteiger partial charge in [0.1, 0.15) is 0 Å². The quantitative estimate of drug-likeness (QED) is 0.661. The molecule has 1 unspecified atom stereocenters. The first-order chi connectivity index (χ1) is 6.88. The van der Waals surface area contributed by atoms with Crippen molar-refractivity contribution in [3.05, 3.63) is 11.8 Å². The van der Waals surface area contributed by atoms with Crippen molar-refractivity contribution in [2.24, 2.45) is 11.8 Å². The van der Waals surface area contributed by atoms with Gasteiger partial charge in [0.15, 0.2) is 5.78 Å². The Balaban J connectivity index is 4.59. The van der Waals surface area contributed by atoms with Crippen LogP contribution in [-0.4, -0.2) is 23.5 Å². The predicted octanol–water partition coefficient (Wildman–Crippen LogP) is 1.72. The second-order valence-electron chi connectivity index (χ2n) is 4.54. The molecule has 0 aliphatic carbocycles. The molecule has 0 fully saturated rings. The van der Waals surface area contributed by atoms with Crippen molar-refractivity contribution < 1.29 is 9.90 Å². The number of ketones is 1. The number of carbonyl (C=O) groups excluding carboxylic acids is 1. The second kappa shape index (κ2) is 6.62. The van der Waals surface area contributed by atoms with Gasteiger partial charge in [-0.2, -0.15) is 0 Å². The van der Waals surface area contributed by atoms with Crippen LogP contribution in [0.25, 0.3) is 0 Å². The third-order valence-electron chi connectivity index (χ3n) is 2.18. The number of carbonyl (C=O) groups is 1. The fourth-order valence-corrected chi connectivity index (χ4v) is 1.03. The summed E-state index contributed by atoms with van der Waals surface area (Å²) in [4.78, 5) is 11.5. The van der Waals surface area contributed by atoms with E-state index in [4.69, 9.17) is 5.11 Å². The van der Waals surface area contributed by atoms with E-state index in [1.807, 2.05) is 34.6 Å². The zero-order valence-electron chi connectivity index (χ0n) is 10.4. The third-order valence-corrected chi connectivity index (χ3v) is 2.18. The Labute approximate surface area is 92.6 Å². The van der Waals surface area contributed by atoms with Crippen LogP contribution in [0, 0.1) is 11.8 Å². The van der Waals surface area contributed by atoms with Gasteiger partial charge in [-0.15, -0.1) is 0 Å². The van der Waals surface area contributed by atoms with Crippen molar-refractivity contribution in [1.29, 1.82) is 0 Å². The van der Waals surface area contributed by atoms with Gasteiger partial charge in [0.05, 0.1) is 6.61 Å². The molecule has 0 aliphatic heterocycles. The van der Waals surface area contributed by atoms with E-state index >= 15 is 0 Å². The van der Waals surface area contributed by atoms with Gasteiger partial charge in [0, 0.05) is 23.7 Å². The van der Waals surface area contributed by atoms with Crippen LogP contribution in [-0.2, 0) is 4.79 Å². The van der Waals surface area contributed by atoms with Gasteiger partial charge >= 0.3 is 0 Å². The van der Waals surface area contributed by atoms with E-state index < -0.39 is 0 Å². The van der Waals surface area contributed by atoms with Gasteiger partial charge < -0.3 is 10.4 Å². The SMILES string of the molecule is CC(CO)NC(=CC(=O)C(C)C)C(C)C. The van der Waals surface area contributed by atoms with Crippen molar-refractivity contribution in [1.82, 2.24) is 5.32 Å². The van der Waals surface area contributed by atoms with Crippen molar-refractivity contribution >= 4 is 5.78 Å². The van der Waals surface area contributed by atoms with Crippen LogP contribution in [0.3, 0.4) is 0 Å². The lowest BCUT2D eigenvalue weighted by Gasteiger charge is -2.19. The highest BCUT2D eigenvalue weighted by atomic mass is 16.3. The lowest BCUT2D eigenvalue weighted by atomic mass is 10.0. The minimum absolute atomic E-state index is 0.0152. The van der Waals surface area contributed by atoms with Gasteiger partial charge in [-0.05, 0) is 12.8 Å². The Morgan fingerprint density at radius 3 is 2.07 bits per heavy atom. The summed E-state index contributed by atoms with van der Waals surface area (Å²) in [5, 5.41) is 12.1. The number of allylic oxidation sites excluding steroid dienone is 2. The molecule has 0 saturated heterocycles. The fraction of sp³-hybridized carbons (Fsp3) is 0.750. The molecular formula is C12H23NO2. The number of nitrogens with one attached hydrogen (secondary N) is 1. The van der Waals surface area contributed by atoms with E-state index in [1.165, 1.54) is 0 Å². The molecule has 3 nitrogen and oxygen atoms in total. The first-order valence-corrected chi connectivity index (χ1v) is 5.51. The maximum absolute atomic E-state index is 11.5. The van der Waals surface area contributed by atoms with Crippen LogP contribution >= 0.6 is 0 Å². The lowest BCUT2D eigenvalue weighted by Crippen LogP contribution is -2.31. The summed E-state index contributed by atoms with van der Waals surface area (Å²) in [6.45, 7) is 9.77. The Bertz CT molecular complexity index is 232. The Hall–Kier alpha value is -0.830. The van der Waals surface area contributed by atoms with Crippen molar-refractivity contribution in [3.63, 3.8) is 0 Å².